The van der Waals surface area contributed by atoms with Gasteiger partial charge < -0.3 is 10.1 Å². The molecule has 0 aliphatic rings. The van der Waals surface area contributed by atoms with Crippen LogP contribution in [0.1, 0.15) is 16.1 Å². The van der Waals surface area contributed by atoms with Crippen molar-refractivity contribution in [2.45, 2.75) is 6.54 Å². The van der Waals surface area contributed by atoms with E-state index < -0.39 is 5.97 Å². The number of methoxy groups -OCH3 is 1. The Labute approximate surface area is 119 Å². The van der Waals surface area contributed by atoms with Gasteiger partial charge in [0.05, 0.1) is 7.11 Å². The predicted molar refractivity (Wildman–Crippen MR) is 77.0 cm³/mol. The van der Waals surface area contributed by atoms with Gasteiger partial charge in [-0.2, -0.15) is 0 Å². The first-order valence-corrected chi connectivity index (χ1v) is 6.51. The maximum Gasteiger partial charge on any atom is 0.356 e. The normalized spacial score (nSPS) is 10.0. The first-order chi connectivity index (χ1) is 9.20. The van der Waals surface area contributed by atoms with Gasteiger partial charge in [0.25, 0.3) is 0 Å². The minimum atomic E-state index is -0.440. The monoisotopic (exact) mass is 320 g/mol. The van der Waals surface area contributed by atoms with Crippen LogP contribution in [-0.2, 0) is 11.3 Å². The molecule has 0 amide bonds. The fraction of sp³-hybridized carbons (Fsp3) is 0.143. The molecule has 0 aliphatic heterocycles. The number of nitrogens with zero attached hydrogens (tertiary/aromatic N) is 1. The van der Waals surface area contributed by atoms with Crippen LogP contribution in [-0.4, -0.2) is 18.1 Å². The summed E-state index contributed by atoms with van der Waals surface area (Å²) in [5, 5.41) is 3.24. The molecule has 1 heterocycles. The molecule has 1 aromatic carbocycles. The van der Waals surface area contributed by atoms with E-state index in [9.17, 15) is 4.79 Å². The topological polar surface area (TPSA) is 51.2 Å². The van der Waals surface area contributed by atoms with Crippen molar-refractivity contribution in [1.82, 2.24) is 4.98 Å². The molecule has 0 saturated carbocycles. The van der Waals surface area contributed by atoms with E-state index in [1.165, 1.54) is 7.11 Å². The number of benzene rings is 1. The minimum Gasteiger partial charge on any atom is -0.464 e. The van der Waals surface area contributed by atoms with E-state index in [0.29, 0.717) is 12.2 Å². The Morgan fingerprint density at radius 3 is 2.89 bits per heavy atom. The second-order valence-corrected chi connectivity index (χ2v) is 4.72. The van der Waals surface area contributed by atoms with E-state index in [0.717, 1.165) is 15.7 Å². The smallest absolute Gasteiger partial charge is 0.356 e. The molecule has 0 aliphatic carbocycles. The van der Waals surface area contributed by atoms with Gasteiger partial charge in [0, 0.05) is 22.9 Å². The zero-order valence-electron chi connectivity index (χ0n) is 10.4. The van der Waals surface area contributed by atoms with Crippen molar-refractivity contribution in [2.75, 3.05) is 12.4 Å². The van der Waals surface area contributed by atoms with Gasteiger partial charge in [-0.3, -0.25) is 0 Å². The average Bonchev–Trinajstić information content (AvgIpc) is 2.46. The van der Waals surface area contributed by atoms with Gasteiger partial charge in [-0.25, -0.2) is 9.78 Å². The number of rotatable bonds is 4. The zero-order valence-corrected chi connectivity index (χ0v) is 12.0. The quantitative estimate of drug-likeness (QED) is 0.879. The number of aromatic nitrogens is 1. The van der Waals surface area contributed by atoms with Gasteiger partial charge in [-0.1, -0.05) is 34.1 Å². The molecule has 1 N–H and O–H groups in total. The van der Waals surface area contributed by atoms with Crippen molar-refractivity contribution in [3.05, 3.63) is 58.3 Å². The highest BCUT2D eigenvalue weighted by Gasteiger charge is 2.07. The van der Waals surface area contributed by atoms with E-state index in [1.807, 2.05) is 30.3 Å². The summed E-state index contributed by atoms with van der Waals surface area (Å²) in [5.41, 5.74) is 2.25. The zero-order chi connectivity index (χ0) is 13.7. The number of hydrogen-bond donors (Lipinski definition) is 1. The Morgan fingerprint density at radius 1 is 1.37 bits per heavy atom. The number of esters is 1. The highest BCUT2D eigenvalue weighted by molar-refractivity contribution is 9.10. The third-order valence-corrected chi connectivity index (χ3v) is 3.37. The lowest BCUT2D eigenvalue weighted by Gasteiger charge is -2.08. The summed E-state index contributed by atoms with van der Waals surface area (Å²) in [6.07, 6.45) is 1.58. The van der Waals surface area contributed by atoms with Crippen molar-refractivity contribution >= 4 is 27.6 Å². The molecule has 0 radical (unpaired) electrons. The van der Waals surface area contributed by atoms with Crippen LogP contribution < -0.4 is 5.32 Å². The van der Waals surface area contributed by atoms with Crippen LogP contribution in [0, 0.1) is 0 Å². The molecule has 0 saturated heterocycles. The molecule has 4 nitrogen and oxygen atoms in total. The lowest BCUT2D eigenvalue weighted by Crippen LogP contribution is -2.06. The van der Waals surface area contributed by atoms with E-state index in [1.54, 1.807) is 12.3 Å². The maximum absolute atomic E-state index is 11.4. The number of nitrogens with one attached hydrogen (secondary N) is 1. The second kappa shape index (κ2) is 6.33. The van der Waals surface area contributed by atoms with E-state index in [2.05, 4.69) is 31.0 Å². The number of carbonyl (C=O) groups is 1. The molecule has 0 bridgehead atoms. The van der Waals surface area contributed by atoms with Gasteiger partial charge in [0.15, 0.2) is 0 Å². The lowest BCUT2D eigenvalue weighted by atomic mass is 10.2. The largest absolute Gasteiger partial charge is 0.464 e. The third-order valence-electron chi connectivity index (χ3n) is 2.60. The van der Waals surface area contributed by atoms with Crippen LogP contribution in [0.25, 0.3) is 0 Å². The maximum atomic E-state index is 11.4. The molecular weight excluding hydrogens is 308 g/mol. The number of halogens is 1. The number of ether oxygens (including phenoxy) is 1. The summed E-state index contributed by atoms with van der Waals surface area (Å²) in [5.74, 6) is -0.440. The first-order valence-electron chi connectivity index (χ1n) is 5.72. The molecule has 0 fully saturated rings. The van der Waals surface area contributed by atoms with Gasteiger partial charge >= 0.3 is 5.97 Å². The molecular formula is C14H13BrN2O2. The van der Waals surface area contributed by atoms with Crippen LogP contribution in [0.4, 0.5) is 5.69 Å². The second-order valence-electron chi connectivity index (χ2n) is 3.87. The third kappa shape index (κ3) is 3.54. The van der Waals surface area contributed by atoms with Crippen molar-refractivity contribution in [2.24, 2.45) is 0 Å². The Hall–Kier alpha value is -1.88. The first kappa shape index (κ1) is 13.5. The van der Waals surface area contributed by atoms with Crippen molar-refractivity contribution in [1.29, 1.82) is 0 Å². The Balaban J connectivity index is 2.08. The van der Waals surface area contributed by atoms with E-state index in [-0.39, 0.29) is 0 Å². The van der Waals surface area contributed by atoms with E-state index >= 15 is 0 Å². The molecule has 5 heteroatoms. The molecule has 0 unspecified atom stereocenters. The van der Waals surface area contributed by atoms with Gasteiger partial charge in [0.1, 0.15) is 5.69 Å². The summed E-state index contributed by atoms with van der Waals surface area (Å²) < 4.78 is 5.68. The van der Waals surface area contributed by atoms with Gasteiger partial charge in [-0.05, 0) is 23.8 Å². The number of anilines is 1. The SMILES string of the molecule is COC(=O)c1cc(NCc2ccccc2Br)ccn1. The number of carbonyl (C=O) groups excluding carboxylic acids is 1. The Bertz CT molecular complexity index is 587. The molecule has 98 valence electrons. The van der Waals surface area contributed by atoms with Crippen LogP contribution in [0.3, 0.4) is 0 Å². The number of hydrogen-bond acceptors (Lipinski definition) is 4. The van der Waals surface area contributed by atoms with E-state index in [4.69, 9.17) is 0 Å². The fourth-order valence-electron chi connectivity index (χ4n) is 1.60. The van der Waals surface area contributed by atoms with Crippen LogP contribution in [0.15, 0.2) is 47.1 Å². The molecule has 2 aromatic rings. The average molecular weight is 321 g/mol. The van der Waals surface area contributed by atoms with Crippen LogP contribution >= 0.6 is 15.9 Å². The lowest BCUT2D eigenvalue weighted by molar-refractivity contribution is 0.0594. The predicted octanol–water partition coefficient (Wildman–Crippen LogP) is 3.24. The Kier molecular flexibility index (Phi) is 4.52. The molecule has 0 spiro atoms. The molecule has 0 atom stereocenters. The minimum absolute atomic E-state index is 0.291. The fourth-order valence-corrected chi connectivity index (χ4v) is 2.02. The summed E-state index contributed by atoms with van der Waals surface area (Å²) in [6.45, 7) is 0.659. The van der Waals surface area contributed by atoms with Crippen LogP contribution in [0.5, 0.6) is 0 Å². The van der Waals surface area contributed by atoms with Gasteiger partial charge in [-0.15, -0.1) is 0 Å². The van der Waals surface area contributed by atoms with Crippen molar-refractivity contribution in [3.63, 3.8) is 0 Å². The standard InChI is InChI=1S/C14H13BrN2O2/c1-19-14(18)13-8-11(6-7-16-13)17-9-10-4-2-3-5-12(10)15/h2-8H,9H2,1H3,(H,16,17). The van der Waals surface area contributed by atoms with Gasteiger partial charge in [0.2, 0.25) is 0 Å². The number of pyridine rings is 1. The van der Waals surface area contributed by atoms with Crippen molar-refractivity contribution < 1.29 is 9.53 Å². The van der Waals surface area contributed by atoms with Crippen LogP contribution in [0.2, 0.25) is 0 Å². The Morgan fingerprint density at radius 2 is 2.16 bits per heavy atom. The van der Waals surface area contributed by atoms with Crippen molar-refractivity contribution in [3.8, 4) is 0 Å². The summed E-state index contributed by atoms with van der Waals surface area (Å²) in [4.78, 5) is 15.3. The molecule has 1 aromatic heterocycles. The molecule has 19 heavy (non-hydrogen) atoms. The highest BCUT2D eigenvalue weighted by atomic mass is 79.9. The summed E-state index contributed by atoms with van der Waals surface area (Å²) in [7, 11) is 1.34. The summed E-state index contributed by atoms with van der Waals surface area (Å²) in [6, 6.07) is 11.4. The highest BCUT2D eigenvalue weighted by Crippen LogP contribution is 2.17. The molecule has 2 rings (SSSR count). The summed E-state index contributed by atoms with van der Waals surface area (Å²) >= 11 is 3.49.